The van der Waals surface area contributed by atoms with Gasteiger partial charge in [0.25, 0.3) is 6.43 Å². The zero-order chi connectivity index (χ0) is 13.4. The van der Waals surface area contributed by atoms with Crippen LogP contribution < -0.4 is 0 Å². The highest BCUT2D eigenvalue weighted by molar-refractivity contribution is 5.94. The minimum atomic E-state index is -4.75. The molecule has 0 fully saturated rings. The Morgan fingerprint density at radius 3 is 2.12 bits per heavy atom. The molecule has 0 aliphatic heterocycles. The number of hydrogen-bond donors (Lipinski definition) is 0. The van der Waals surface area contributed by atoms with Crippen molar-refractivity contribution >= 4 is 5.78 Å². The molecule has 17 heavy (non-hydrogen) atoms. The van der Waals surface area contributed by atoms with Gasteiger partial charge < -0.3 is 0 Å². The Morgan fingerprint density at radius 1 is 1.24 bits per heavy atom. The average Bonchev–Trinajstić information content (AvgIpc) is 2.15. The molecular weight excluding hydrogens is 243 g/mol. The van der Waals surface area contributed by atoms with Crippen LogP contribution in [0, 0.1) is 6.92 Å². The van der Waals surface area contributed by atoms with Gasteiger partial charge in [0.05, 0.1) is 5.56 Å². The molecule has 1 aromatic carbocycles. The maximum Gasteiger partial charge on any atom is 0.416 e. The molecule has 0 aromatic heterocycles. The Kier molecular flexibility index (Phi) is 3.54. The third-order valence-corrected chi connectivity index (χ3v) is 2.39. The van der Waals surface area contributed by atoms with Gasteiger partial charge in [-0.1, -0.05) is 0 Å². The molecule has 1 nitrogen and oxygen atoms in total. The summed E-state index contributed by atoms with van der Waals surface area (Å²) in [5.41, 5.74) is -2.86. The summed E-state index contributed by atoms with van der Waals surface area (Å²) in [6.07, 6.45) is -7.80. The van der Waals surface area contributed by atoms with Crippen molar-refractivity contribution in [2.24, 2.45) is 0 Å². The number of Topliss-reactive ketones (excluding diaryl/α,β-unsaturated/α-hetero) is 1. The second-order valence-electron chi connectivity index (χ2n) is 3.59. The first-order chi connectivity index (χ1) is 7.64. The van der Waals surface area contributed by atoms with Gasteiger partial charge in [-0.3, -0.25) is 4.79 Å². The standard InChI is InChI=1S/C11H9F5O/c1-5-8(10(12)13)3-7(6(2)17)4-9(5)11(14,15)16/h3-4,10H,1-2H3. The minimum Gasteiger partial charge on any atom is -0.295 e. The van der Waals surface area contributed by atoms with Crippen molar-refractivity contribution < 1.29 is 26.7 Å². The summed E-state index contributed by atoms with van der Waals surface area (Å²) in [5, 5.41) is 0. The van der Waals surface area contributed by atoms with Gasteiger partial charge >= 0.3 is 6.18 Å². The summed E-state index contributed by atoms with van der Waals surface area (Å²) in [6, 6.07) is 1.40. The van der Waals surface area contributed by atoms with Crippen molar-refractivity contribution in [2.45, 2.75) is 26.4 Å². The first kappa shape index (κ1) is 13.6. The normalized spacial score (nSPS) is 12.0. The van der Waals surface area contributed by atoms with Crippen molar-refractivity contribution in [3.05, 3.63) is 34.4 Å². The predicted octanol–water partition coefficient (Wildman–Crippen LogP) is 4.15. The molecule has 0 saturated carbocycles. The van der Waals surface area contributed by atoms with Gasteiger partial charge in [-0.25, -0.2) is 8.78 Å². The van der Waals surface area contributed by atoms with E-state index in [4.69, 9.17) is 0 Å². The van der Waals surface area contributed by atoms with Gasteiger partial charge in [0, 0.05) is 11.1 Å². The third kappa shape index (κ3) is 2.81. The van der Waals surface area contributed by atoms with Crippen molar-refractivity contribution in [3.8, 4) is 0 Å². The number of carbonyl (C=O) groups is 1. The van der Waals surface area contributed by atoms with Crippen LogP contribution in [0.1, 0.15) is 40.4 Å². The first-order valence-electron chi connectivity index (χ1n) is 4.65. The van der Waals surface area contributed by atoms with E-state index < -0.39 is 35.1 Å². The van der Waals surface area contributed by atoms with Crippen LogP contribution >= 0.6 is 0 Å². The molecule has 0 aliphatic carbocycles. The van der Waals surface area contributed by atoms with Crippen LogP contribution in [0.5, 0.6) is 0 Å². The van der Waals surface area contributed by atoms with E-state index in [0.717, 1.165) is 19.9 Å². The largest absolute Gasteiger partial charge is 0.416 e. The van der Waals surface area contributed by atoms with Crippen LogP contribution in [0.4, 0.5) is 22.0 Å². The smallest absolute Gasteiger partial charge is 0.295 e. The third-order valence-electron chi connectivity index (χ3n) is 2.39. The summed E-state index contributed by atoms with van der Waals surface area (Å²) >= 11 is 0. The number of benzene rings is 1. The lowest BCUT2D eigenvalue weighted by atomic mass is 9.97. The molecule has 0 amide bonds. The fourth-order valence-electron chi connectivity index (χ4n) is 1.46. The zero-order valence-electron chi connectivity index (χ0n) is 9.03. The highest BCUT2D eigenvalue weighted by Crippen LogP contribution is 2.36. The Morgan fingerprint density at radius 2 is 1.76 bits per heavy atom. The molecule has 1 aromatic rings. The molecule has 94 valence electrons. The lowest BCUT2D eigenvalue weighted by Gasteiger charge is -2.15. The molecule has 6 heteroatoms. The van der Waals surface area contributed by atoms with Crippen LogP contribution in [-0.2, 0) is 6.18 Å². The van der Waals surface area contributed by atoms with Crippen LogP contribution in [-0.4, -0.2) is 5.78 Å². The summed E-state index contributed by atoms with van der Waals surface area (Å²) in [6.45, 7) is 1.99. The van der Waals surface area contributed by atoms with E-state index in [1.807, 2.05) is 0 Å². The molecule has 0 atom stereocenters. The second-order valence-corrected chi connectivity index (χ2v) is 3.59. The zero-order valence-corrected chi connectivity index (χ0v) is 9.03. The van der Waals surface area contributed by atoms with Crippen molar-refractivity contribution in [1.29, 1.82) is 0 Å². The quantitative estimate of drug-likeness (QED) is 0.570. The highest BCUT2D eigenvalue weighted by atomic mass is 19.4. The molecule has 0 bridgehead atoms. The molecule has 0 unspecified atom stereocenters. The maximum absolute atomic E-state index is 12.6. The SMILES string of the molecule is CC(=O)c1cc(C(F)F)c(C)c(C(F)(F)F)c1. The predicted molar refractivity (Wildman–Crippen MR) is 51.1 cm³/mol. The number of carbonyl (C=O) groups excluding carboxylic acids is 1. The van der Waals surface area contributed by atoms with E-state index in [9.17, 15) is 26.7 Å². The Balaban J connectivity index is 3.55. The van der Waals surface area contributed by atoms with E-state index >= 15 is 0 Å². The average molecular weight is 252 g/mol. The van der Waals surface area contributed by atoms with Crippen molar-refractivity contribution in [2.75, 3.05) is 0 Å². The fourth-order valence-corrected chi connectivity index (χ4v) is 1.46. The summed E-state index contributed by atoms with van der Waals surface area (Å²) < 4.78 is 62.9. The number of hydrogen-bond acceptors (Lipinski definition) is 1. The molecule has 0 saturated heterocycles. The lowest BCUT2D eigenvalue weighted by Crippen LogP contribution is -2.11. The maximum atomic E-state index is 12.6. The Hall–Kier alpha value is -1.46. The topological polar surface area (TPSA) is 17.1 Å². The van der Waals surface area contributed by atoms with E-state index in [1.165, 1.54) is 0 Å². The number of rotatable bonds is 2. The molecule has 0 heterocycles. The van der Waals surface area contributed by atoms with Gasteiger partial charge in [-0.2, -0.15) is 13.2 Å². The molecular formula is C11H9F5O. The van der Waals surface area contributed by atoms with Gasteiger partial charge in [0.15, 0.2) is 5.78 Å². The van der Waals surface area contributed by atoms with Crippen LogP contribution in [0.25, 0.3) is 0 Å². The highest BCUT2D eigenvalue weighted by Gasteiger charge is 2.35. The van der Waals surface area contributed by atoms with E-state index in [-0.39, 0.29) is 5.56 Å². The van der Waals surface area contributed by atoms with Gasteiger partial charge in [-0.15, -0.1) is 0 Å². The monoisotopic (exact) mass is 252 g/mol. The molecule has 0 radical (unpaired) electrons. The minimum absolute atomic E-state index is 0.363. The van der Waals surface area contributed by atoms with Crippen LogP contribution in [0.15, 0.2) is 12.1 Å². The summed E-state index contributed by atoms with van der Waals surface area (Å²) in [4.78, 5) is 11.0. The second kappa shape index (κ2) is 4.43. The first-order valence-corrected chi connectivity index (χ1v) is 4.65. The van der Waals surface area contributed by atoms with Gasteiger partial charge in [-0.05, 0) is 31.5 Å². The fraction of sp³-hybridized carbons (Fsp3) is 0.364. The van der Waals surface area contributed by atoms with E-state index in [0.29, 0.717) is 6.07 Å². The van der Waals surface area contributed by atoms with E-state index in [2.05, 4.69) is 0 Å². The number of alkyl halides is 5. The van der Waals surface area contributed by atoms with Gasteiger partial charge in [0.2, 0.25) is 0 Å². The van der Waals surface area contributed by atoms with Crippen LogP contribution in [0.2, 0.25) is 0 Å². The number of halogens is 5. The van der Waals surface area contributed by atoms with Crippen molar-refractivity contribution in [3.63, 3.8) is 0 Å². The summed E-state index contributed by atoms with van der Waals surface area (Å²) in [5.74, 6) is -0.683. The Labute approximate surface area is 94.2 Å². The molecule has 0 N–H and O–H groups in total. The van der Waals surface area contributed by atoms with Gasteiger partial charge in [0.1, 0.15) is 0 Å². The summed E-state index contributed by atoms with van der Waals surface area (Å²) in [7, 11) is 0. The lowest BCUT2D eigenvalue weighted by molar-refractivity contribution is -0.138. The molecule has 0 spiro atoms. The molecule has 1 rings (SSSR count). The van der Waals surface area contributed by atoms with E-state index in [1.54, 1.807) is 0 Å². The van der Waals surface area contributed by atoms with Crippen LogP contribution in [0.3, 0.4) is 0 Å². The molecule has 0 aliphatic rings. The number of ketones is 1. The Bertz CT molecular complexity index is 448. The van der Waals surface area contributed by atoms with Crippen molar-refractivity contribution in [1.82, 2.24) is 0 Å².